The Bertz CT molecular complexity index is 509. The van der Waals surface area contributed by atoms with Gasteiger partial charge in [0, 0.05) is 18.2 Å². The number of amides is 1. The van der Waals surface area contributed by atoms with Crippen LogP contribution in [0.25, 0.3) is 0 Å². The van der Waals surface area contributed by atoms with Crippen LogP contribution in [-0.4, -0.2) is 32.7 Å². The Labute approximate surface area is 107 Å². The fraction of sp³-hybridized carbons (Fsp3) is 0.417. The van der Waals surface area contributed by atoms with Crippen molar-refractivity contribution in [2.75, 3.05) is 12.3 Å². The molecule has 1 aromatic rings. The number of nitrogens with one attached hydrogen (secondary N) is 1. The van der Waals surface area contributed by atoms with Crippen LogP contribution in [0.3, 0.4) is 0 Å². The maximum absolute atomic E-state index is 11.7. The lowest BCUT2D eigenvalue weighted by atomic mass is 10.2. The zero-order valence-electron chi connectivity index (χ0n) is 10.5. The molecule has 100 valence electrons. The summed E-state index contributed by atoms with van der Waals surface area (Å²) in [4.78, 5) is 12.0. The van der Waals surface area contributed by atoms with Crippen molar-refractivity contribution in [3.63, 3.8) is 0 Å². The molecule has 0 unspecified atom stereocenters. The Morgan fingerprint density at radius 3 is 2.33 bits per heavy atom. The number of benzene rings is 1. The van der Waals surface area contributed by atoms with Gasteiger partial charge in [-0.3, -0.25) is 4.79 Å². The summed E-state index contributed by atoms with van der Waals surface area (Å²) in [6, 6.07) is 5.78. The van der Waals surface area contributed by atoms with Crippen LogP contribution in [0.1, 0.15) is 24.2 Å². The SMILES string of the molecule is CCS(=O)(=O)c1ccc(C(=O)N[C@@H](C)CN)cc1. The molecule has 0 aliphatic carbocycles. The van der Waals surface area contributed by atoms with E-state index in [1.54, 1.807) is 13.8 Å². The number of carbonyl (C=O) groups is 1. The molecule has 0 spiro atoms. The fourth-order valence-corrected chi connectivity index (χ4v) is 2.23. The van der Waals surface area contributed by atoms with E-state index in [1.807, 2.05) is 0 Å². The summed E-state index contributed by atoms with van der Waals surface area (Å²) in [6.45, 7) is 3.74. The Hall–Kier alpha value is -1.40. The molecule has 0 aliphatic rings. The third-order valence-electron chi connectivity index (χ3n) is 2.59. The minimum Gasteiger partial charge on any atom is -0.348 e. The Balaban J connectivity index is 2.87. The lowest BCUT2D eigenvalue weighted by molar-refractivity contribution is 0.0941. The highest BCUT2D eigenvalue weighted by atomic mass is 32.2. The summed E-state index contributed by atoms with van der Waals surface area (Å²) in [6.07, 6.45) is 0. The second-order valence-electron chi connectivity index (χ2n) is 4.04. The predicted octanol–water partition coefficient (Wildman–Crippen LogP) is 0.557. The first-order valence-corrected chi connectivity index (χ1v) is 7.39. The summed E-state index contributed by atoms with van der Waals surface area (Å²) in [5.41, 5.74) is 5.83. The van der Waals surface area contributed by atoms with E-state index in [-0.39, 0.29) is 22.6 Å². The predicted molar refractivity (Wildman–Crippen MR) is 70.2 cm³/mol. The number of nitrogens with two attached hydrogens (primary N) is 1. The number of hydrogen-bond acceptors (Lipinski definition) is 4. The van der Waals surface area contributed by atoms with Gasteiger partial charge < -0.3 is 11.1 Å². The topological polar surface area (TPSA) is 89.3 Å². The third-order valence-corrected chi connectivity index (χ3v) is 4.34. The second kappa shape index (κ2) is 5.97. The molecule has 1 atom stereocenters. The molecule has 0 fully saturated rings. The minimum atomic E-state index is -3.22. The molecule has 0 saturated heterocycles. The molecule has 0 bridgehead atoms. The van der Waals surface area contributed by atoms with Crippen LogP contribution >= 0.6 is 0 Å². The Kier molecular flexibility index (Phi) is 4.86. The molecule has 0 radical (unpaired) electrons. The summed E-state index contributed by atoms with van der Waals surface area (Å²) >= 11 is 0. The molecule has 1 aromatic carbocycles. The highest BCUT2D eigenvalue weighted by Crippen LogP contribution is 2.12. The first-order valence-electron chi connectivity index (χ1n) is 5.74. The van der Waals surface area contributed by atoms with E-state index >= 15 is 0 Å². The molecule has 18 heavy (non-hydrogen) atoms. The van der Waals surface area contributed by atoms with Gasteiger partial charge >= 0.3 is 0 Å². The smallest absolute Gasteiger partial charge is 0.251 e. The maximum atomic E-state index is 11.7. The van der Waals surface area contributed by atoms with Gasteiger partial charge in [0.1, 0.15) is 0 Å². The van der Waals surface area contributed by atoms with Gasteiger partial charge in [0.25, 0.3) is 5.91 Å². The van der Waals surface area contributed by atoms with Crippen LogP contribution in [0.2, 0.25) is 0 Å². The average molecular weight is 270 g/mol. The molecular weight excluding hydrogens is 252 g/mol. The standard InChI is InChI=1S/C12H18N2O3S/c1-3-18(16,17)11-6-4-10(5-7-11)12(15)14-9(2)8-13/h4-7,9H,3,8,13H2,1-2H3,(H,14,15)/t9-/m0/s1. The van der Waals surface area contributed by atoms with Gasteiger partial charge in [0.05, 0.1) is 10.6 Å². The van der Waals surface area contributed by atoms with Crippen molar-refractivity contribution in [3.05, 3.63) is 29.8 Å². The van der Waals surface area contributed by atoms with Crippen molar-refractivity contribution in [2.45, 2.75) is 24.8 Å². The molecule has 1 rings (SSSR count). The highest BCUT2D eigenvalue weighted by molar-refractivity contribution is 7.91. The van der Waals surface area contributed by atoms with Crippen LogP contribution in [0.15, 0.2) is 29.2 Å². The van der Waals surface area contributed by atoms with Crippen molar-refractivity contribution >= 4 is 15.7 Å². The van der Waals surface area contributed by atoms with Crippen molar-refractivity contribution in [1.29, 1.82) is 0 Å². The lowest BCUT2D eigenvalue weighted by Gasteiger charge is -2.11. The number of sulfone groups is 1. The molecule has 0 saturated carbocycles. The third kappa shape index (κ3) is 3.54. The minimum absolute atomic E-state index is 0.0444. The molecule has 6 heteroatoms. The van der Waals surface area contributed by atoms with Gasteiger partial charge in [0.15, 0.2) is 9.84 Å². The monoisotopic (exact) mass is 270 g/mol. The van der Waals surface area contributed by atoms with Gasteiger partial charge in [-0.1, -0.05) is 6.92 Å². The van der Waals surface area contributed by atoms with E-state index in [0.717, 1.165) is 0 Å². The van der Waals surface area contributed by atoms with E-state index < -0.39 is 9.84 Å². The number of carbonyl (C=O) groups excluding carboxylic acids is 1. The van der Waals surface area contributed by atoms with Crippen LogP contribution < -0.4 is 11.1 Å². The second-order valence-corrected chi connectivity index (χ2v) is 6.32. The van der Waals surface area contributed by atoms with E-state index in [4.69, 9.17) is 5.73 Å². The number of rotatable bonds is 5. The van der Waals surface area contributed by atoms with E-state index in [9.17, 15) is 13.2 Å². The summed E-state index contributed by atoms with van der Waals surface area (Å²) in [5, 5.41) is 2.70. The lowest BCUT2D eigenvalue weighted by Crippen LogP contribution is -2.37. The van der Waals surface area contributed by atoms with Gasteiger partial charge in [0.2, 0.25) is 0 Å². The molecule has 0 heterocycles. The van der Waals surface area contributed by atoms with Crippen LogP contribution in [0.5, 0.6) is 0 Å². The maximum Gasteiger partial charge on any atom is 0.251 e. The molecule has 3 N–H and O–H groups in total. The molecule has 5 nitrogen and oxygen atoms in total. The largest absolute Gasteiger partial charge is 0.348 e. The molecular formula is C12H18N2O3S. The van der Waals surface area contributed by atoms with Gasteiger partial charge in [-0.05, 0) is 31.2 Å². The molecule has 1 amide bonds. The Morgan fingerprint density at radius 2 is 1.89 bits per heavy atom. The summed E-state index contributed by atoms with van der Waals surface area (Å²) < 4.78 is 23.2. The zero-order chi connectivity index (χ0) is 13.8. The van der Waals surface area contributed by atoms with Crippen molar-refractivity contribution in [3.8, 4) is 0 Å². The normalized spacial score (nSPS) is 13.1. The first-order chi connectivity index (χ1) is 8.40. The Morgan fingerprint density at radius 1 is 1.33 bits per heavy atom. The fourth-order valence-electron chi connectivity index (χ4n) is 1.35. The van der Waals surface area contributed by atoms with Crippen molar-refractivity contribution in [1.82, 2.24) is 5.32 Å². The number of hydrogen-bond donors (Lipinski definition) is 2. The highest BCUT2D eigenvalue weighted by Gasteiger charge is 2.13. The van der Waals surface area contributed by atoms with E-state index in [2.05, 4.69) is 5.32 Å². The van der Waals surface area contributed by atoms with E-state index in [0.29, 0.717) is 12.1 Å². The molecule has 0 aromatic heterocycles. The molecule has 0 aliphatic heterocycles. The quantitative estimate of drug-likeness (QED) is 0.818. The van der Waals surface area contributed by atoms with Crippen molar-refractivity contribution in [2.24, 2.45) is 5.73 Å². The van der Waals surface area contributed by atoms with Crippen LogP contribution in [-0.2, 0) is 9.84 Å². The average Bonchev–Trinajstić information content (AvgIpc) is 2.38. The first kappa shape index (κ1) is 14.7. The van der Waals surface area contributed by atoms with Crippen LogP contribution in [0, 0.1) is 0 Å². The van der Waals surface area contributed by atoms with Gasteiger partial charge in [-0.15, -0.1) is 0 Å². The van der Waals surface area contributed by atoms with Gasteiger partial charge in [-0.2, -0.15) is 0 Å². The summed E-state index contributed by atoms with van der Waals surface area (Å²) in [7, 11) is -3.22. The van der Waals surface area contributed by atoms with Gasteiger partial charge in [-0.25, -0.2) is 8.42 Å². The van der Waals surface area contributed by atoms with Crippen LogP contribution in [0.4, 0.5) is 0 Å². The van der Waals surface area contributed by atoms with Crippen molar-refractivity contribution < 1.29 is 13.2 Å². The zero-order valence-corrected chi connectivity index (χ0v) is 11.3. The van der Waals surface area contributed by atoms with E-state index in [1.165, 1.54) is 24.3 Å². The summed E-state index contributed by atoms with van der Waals surface area (Å²) in [5.74, 6) is -0.212.